The van der Waals surface area contributed by atoms with Crippen molar-refractivity contribution < 1.29 is 9.59 Å². The molecule has 1 N–H and O–H groups in total. The van der Waals surface area contributed by atoms with Gasteiger partial charge in [-0.1, -0.05) is 0 Å². The lowest BCUT2D eigenvalue weighted by Gasteiger charge is -2.34. The molecule has 1 aromatic carbocycles. The van der Waals surface area contributed by atoms with E-state index in [0.717, 1.165) is 23.3 Å². The van der Waals surface area contributed by atoms with Crippen LogP contribution in [0.2, 0.25) is 0 Å². The molecule has 0 spiro atoms. The van der Waals surface area contributed by atoms with Crippen molar-refractivity contribution in [2.24, 2.45) is 0 Å². The summed E-state index contributed by atoms with van der Waals surface area (Å²) in [5, 5.41) is 2.90. The van der Waals surface area contributed by atoms with Crippen molar-refractivity contribution in [1.29, 1.82) is 0 Å². The van der Waals surface area contributed by atoms with Crippen molar-refractivity contribution in [3.8, 4) is 0 Å². The third-order valence-corrected chi connectivity index (χ3v) is 4.85. The summed E-state index contributed by atoms with van der Waals surface area (Å²) in [6, 6.07) is 5.80. The van der Waals surface area contributed by atoms with Crippen LogP contribution in [0.15, 0.2) is 23.7 Å². The lowest BCUT2D eigenvalue weighted by molar-refractivity contribution is -0.123. The number of nitrogens with one attached hydrogen (secondary N) is 1. The molecule has 128 valence electrons. The lowest BCUT2D eigenvalue weighted by Crippen LogP contribution is -2.51. The minimum Gasteiger partial charge on any atom is -0.353 e. The van der Waals surface area contributed by atoms with Gasteiger partial charge in [-0.05, 0) is 32.0 Å². The Hall–Kier alpha value is -1.99. The first-order valence-corrected chi connectivity index (χ1v) is 9.05. The highest BCUT2D eigenvalue weighted by atomic mass is 32.1. The van der Waals surface area contributed by atoms with E-state index in [4.69, 9.17) is 0 Å². The Bertz CT molecular complexity index is 735. The first kappa shape index (κ1) is 16.9. The number of thiazole rings is 1. The number of benzene rings is 1. The fraction of sp³-hybridized carbons (Fsp3) is 0.471. The number of hydrogen-bond donors (Lipinski definition) is 1. The van der Waals surface area contributed by atoms with E-state index in [0.29, 0.717) is 25.2 Å². The predicted octanol–water partition coefficient (Wildman–Crippen LogP) is 1.58. The fourth-order valence-corrected chi connectivity index (χ4v) is 3.57. The molecule has 0 bridgehead atoms. The second-order valence-corrected chi connectivity index (χ2v) is 7.21. The molecule has 1 fully saturated rings. The van der Waals surface area contributed by atoms with Gasteiger partial charge < -0.3 is 10.2 Å². The zero-order chi connectivity index (χ0) is 17.1. The van der Waals surface area contributed by atoms with E-state index in [2.05, 4.69) is 15.2 Å². The summed E-state index contributed by atoms with van der Waals surface area (Å²) in [6.07, 6.45) is 0. The van der Waals surface area contributed by atoms with Crippen LogP contribution in [0, 0.1) is 0 Å². The largest absolute Gasteiger partial charge is 0.353 e. The van der Waals surface area contributed by atoms with E-state index in [9.17, 15) is 9.59 Å². The van der Waals surface area contributed by atoms with Crippen LogP contribution in [-0.2, 0) is 4.79 Å². The second-order valence-electron chi connectivity index (χ2n) is 6.33. The van der Waals surface area contributed by atoms with Crippen LogP contribution in [0.3, 0.4) is 0 Å². The Labute approximate surface area is 145 Å². The number of hydrogen-bond acceptors (Lipinski definition) is 5. The van der Waals surface area contributed by atoms with Gasteiger partial charge in [-0.25, -0.2) is 4.98 Å². The molecule has 0 radical (unpaired) electrons. The summed E-state index contributed by atoms with van der Waals surface area (Å²) in [7, 11) is 0. The van der Waals surface area contributed by atoms with Gasteiger partial charge in [0.15, 0.2) is 0 Å². The normalized spacial score (nSPS) is 15.9. The van der Waals surface area contributed by atoms with Gasteiger partial charge in [0, 0.05) is 37.8 Å². The van der Waals surface area contributed by atoms with Crippen LogP contribution in [0.25, 0.3) is 10.2 Å². The molecule has 2 amide bonds. The molecule has 0 aliphatic carbocycles. The van der Waals surface area contributed by atoms with Crippen molar-refractivity contribution in [1.82, 2.24) is 20.1 Å². The number of nitrogens with zero attached hydrogens (tertiary/aromatic N) is 3. The number of amides is 2. The van der Waals surface area contributed by atoms with Crippen molar-refractivity contribution in [2.45, 2.75) is 19.9 Å². The minimum atomic E-state index is 0.0421. The molecular weight excluding hydrogens is 324 g/mol. The number of carbonyl (C=O) groups is 2. The minimum absolute atomic E-state index is 0.0421. The van der Waals surface area contributed by atoms with Gasteiger partial charge in [0.2, 0.25) is 5.91 Å². The Morgan fingerprint density at radius 3 is 2.71 bits per heavy atom. The summed E-state index contributed by atoms with van der Waals surface area (Å²) in [6.45, 7) is 7.04. The van der Waals surface area contributed by atoms with Crippen LogP contribution in [0.1, 0.15) is 24.2 Å². The fourth-order valence-electron chi connectivity index (χ4n) is 2.85. The summed E-state index contributed by atoms with van der Waals surface area (Å²) >= 11 is 1.54. The van der Waals surface area contributed by atoms with Crippen LogP contribution < -0.4 is 5.32 Å². The van der Waals surface area contributed by atoms with Gasteiger partial charge in [-0.2, -0.15) is 0 Å². The summed E-state index contributed by atoms with van der Waals surface area (Å²) < 4.78 is 1.03. The summed E-state index contributed by atoms with van der Waals surface area (Å²) in [5.74, 6) is 0.0944. The van der Waals surface area contributed by atoms with Gasteiger partial charge in [0.1, 0.15) is 0 Å². The Morgan fingerprint density at radius 1 is 1.25 bits per heavy atom. The SMILES string of the molecule is CC(C)NC(=O)CN1CCN(C(=O)c2ccc3ncsc3c2)CC1. The molecule has 1 saturated heterocycles. The first-order chi connectivity index (χ1) is 11.5. The smallest absolute Gasteiger partial charge is 0.253 e. The summed E-state index contributed by atoms with van der Waals surface area (Å²) in [5.41, 5.74) is 3.43. The molecular formula is C17H22N4O2S. The molecule has 2 aromatic rings. The zero-order valence-electron chi connectivity index (χ0n) is 14.0. The maximum absolute atomic E-state index is 12.7. The number of fused-ring (bicyclic) bond motifs is 1. The average Bonchev–Trinajstić information content (AvgIpc) is 3.01. The monoisotopic (exact) mass is 346 g/mol. The predicted molar refractivity (Wildman–Crippen MR) is 95.2 cm³/mol. The molecule has 2 heterocycles. The van der Waals surface area contributed by atoms with Crippen LogP contribution in [0.5, 0.6) is 0 Å². The van der Waals surface area contributed by atoms with Crippen molar-refractivity contribution in [3.63, 3.8) is 0 Å². The highest BCUT2D eigenvalue weighted by Gasteiger charge is 2.23. The number of rotatable bonds is 4. The Balaban J connectivity index is 1.56. The van der Waals surface area contributed by atoms with Crippen molar-refractivity contribution >= 4 is 33.4 Å². The number of piperazine rings is 1. The molecule has 7 heteroatoms. The van der Waals surface area contributed by atoms with E-state index < -0.39 is 0 Å². The Morgan fingerprint density at radius 2 is 2.00 bits per heavy atom. The van der Waals surface area contributed by atoms with Gasteiger partial charge in [-0.3, -0.25) is 14.5 Å². The van der Waals surface area contributed by atoms with Crippen LogP contribution in [0.4, 0.5) is 0 Å². The topological polar surface area (TPSA) is 65.5 Å². The van der Waals surface area contributed by atoms with Crippen molar-refractivity contribution in [2.75, 3.05) is 32.7 Å². The van der Waals surface area contributed by atoms with E-state index in [1.807, 2.05) is 36.9 Å². The highest BCUT2D eigenvalue weighted by molar-refractivity contribution is 7.16. The highest BCUT2D eigenvalue weighted by Crippen LogP contribution is 2.20. The van der Waals surface area contributed by atoms with E-state index >= 15 is 0 Å². The zero-order valence-corrected chi connectivity index (χ0v) is 14.8. The number of carbonyl (C=O) groups excluding carboxylic acids is 2. The third kappa shape index (κ3) is 3.91. The van der Waals surface area contributed by atoms with Gasteiger partial charge in [0.25, 0.3) is 5.91 Å². The standard InChI is InChI=1S/C17H22N4O2S/c1-12(2)19-16(22)10-20-5-7-21(8-6-20)17(23)13-3-4-14-15(9-13)24-11-18-14/h3-4,9,11-12H,5-8,10H2,1-2H3,(H,19,22). The molecule has 24 heavy (non-hydrogen) atoms. The van der Waals surface area contributed by atoms with Crippen LogP contribution in [-0.4, -0.2) is 65.4 Å². The van der Waals surface area contributed by atoms with Gasteiger partial charge >= 0.3 is 0 Å². The third-order valence-electron chi connectivity index (χ3n) is 4.05. The number of aromatic nitrogens is 1. The Kier molecular flexibility index (Phi) is 5.11. The molecule has 1 aromatic heterocycles. The van der Waals surface area contributed by atoms with Crippen LogP contribution >= 0.6 is 11.3 Å². The maximum atomic E-state index is 12.7. The molecule has 1 aliphatic heterocycles. The molecule has 1 aliphatic rings. The maximum Gasteiger partial charge on any atom is 0.253 e. The first-order valence-electron chi connectivity index (χ1n) is 8.17. The van der Waals surface area contributed by atoms with E-state index in [1.165, 1.54) is 0 Å². The van der Waals surface area contributed by atoms with Crippen molar-refractivity contribution in [3.05, 3.63) is 29.3 Å². The average molecular weight is 346 g/mol. The summed E-state index contributed by atoms with van der Waals surface area (Å²) in [4.78, 5) is 32.7. The molecule has 0 saturated carbocycles. The molecule has 0 unspecified atom stereocenters. The lowest BCUT2D eigenvalue weighted by atomic mass is 10.1. The second kappa shape index (κ2) is 7.27. The molecule has 6 nitrogen and oxygen atoms in total. The molecule has 0 atom stereocenters. The van der Waals surface area contributed by atoms with E-state index in [-0.39, 0.29) is 17.9 Å². The molecule has 3 rings (SSSR count). The van der Waals surface area contributed by atoms with E-state index in [1.54, 1.807) is 16.8 Å². The van der Waals surface area contributed by atoms with Gasteiger partial charge in [-0.15, -0.1) is 11.3 Å². The van der Waals surface area contributed by atoms with Gasteiger partial charge in [0.05, 0.1) is 22.3 Å². The quantitative estimate of drug-likeness (QED) is 0.913.